The Balaban J connectivity index is 1.60. The van der Waals surface area contributed by atoms with Gasteiger partial charge in [0.25, 0.3) is 0 Å². The minimum atomic E-state index is 0.585. The molecular weight excluding hydrogens is 358 g/mol. The van der Waals surface area contributed by atoms with Gasteiger partial charge in [0, 0.05) is 45.3 Å². The molecule has 152 valence electrons. The lowest BCUT2D eigenvalue weighted by Crippen LogP contribution is -2.52. The van der Waals surface area contributed by atoms with E-state index in [1.54, 1.807) is 20.5 Å². The molecule has 3 rings (SSSR count). The standard InChI is InChI=1S/C20H29N5O3/c1-4-21-20(22-14-16-5-6-18(26-2)19(13-16)27-3)25-10-8-24(9-11-25)15-17-7-12-28-23-17/h5-7,12-13H,4,8-11,14-15H2,1-3H3,(H,21,22). The van der Waals surface area contributed by atoms with Crippen molar-refractivity contribution in [1.82, 2.24) is 20.3 Å². The molecule has 0 radical (unpaired) electrons. The van der Waals surface area contributed by atoms with Crippen LogP contribution in [0.4, 0.5) is 0 Å². The summed E-state index contributed by atoms with van der Waals surface area (Å²) in [6.45, 7) is 8.12. The predicted molar refractivity (Wildman–Crippen MR) is 108 cm³/mol. The largest absolute Gasteiger partial charge is 0.493 e. The number of aromatic nitrogens is 1. The molecule has 0 bridgehead atoms. The van der Waals surface area contributed by atoms with Crippen molar-refractivity contribution < 1.29 is 14.0 Å². The number of benzene rings is 1. The first-order chi connectivity index (χ1) is 13.7. The van der Waals surface area contributed by atoms with Crippen molar-refractivity contribution in [2.24, 2.45) is 4.99 Å². The van der Waals surface area contributed by atoms with Gasteiger partial charge in [-0.15, -0.1) is 0 Å². The highest BCUT2D eigenvalue weighted by Crippen LogP contribution is 2.27. The molecule has 28 heavy (non-hydrogen) atoms. The molecule has 1 fully saturated rings. The van der Waals surface area contributed by atoms with Gasteiger partial charge < -0.3 is 24.2 Å². The third-order valence-electron chi connectivity index (χ3n) is 4.74. The zero-order valence-corrected chi connectivity index (χ0v) is 16.9. The van der Waals surface area contributed by atoms with Crippen LogP contribution in [0.15, 0.2) is 40.0 Å². The predicted octanol–water partition coefficient (Wildman–Crippen LogP) is 1.98. The molecule has 8 heteroatoms. The Bertz CT molecular complexity index is 755. The molecule has 1 aromatic heterocycles. The highest BCUT2D eigenvalue weighted by atomic mass is 16.5. The van der Waals surface area contributed by atoms with Crippen LogP contribution in [0.25, 0.3) is 0 Å². The number of hydrogen-bond donors (Lipinski definition) is 1. The SMILES string of the molecule is CCNC(=NCc1ccc(OC)c(OC)c1)N1CCN(Cc2ccon2)CC1. The lowest BCUT2D eigenvalue weighted by atomic mass is 10.2. The van der Waals surface area contributed by atoms with E-state index in [9.17, 15) is 0 Å². The van der Waals surface area contributed by atoms with Crippen LogP contribution in [0.1, 0.15) is 18.2 Å². The minimum Gasteiger partial charge on any atom is -0.493 e. The van der Waals surface area contributed by atoms with Gasteiger partial charge in [-0.25, -0.2) is 4.99 Å². The van der Waals surface area contributed by atoms with Crippen LogP contribution in [0.5, 0.6) is 11.5 Å². The quantitative estimate of drug-likeness (QED) is 0.575. The summed E-state index contributed by atoms with van der Waals surface area (Å²) in [5, 5.41) is 7.41. The van der Waals surface area contributed by atoms with E-state index in [2.05, 4.69) is 27.2 Å². The van der Waals surface area contributed by atoms with Gasteiger partial charge in [-0.2, -0.15) is 0 Å². The average molecular weight is 387 g/mol. The van der Waals surface area contributed by atoms with Gasteiger partial charge in [-0.1, -0.05) is 11.2 Å². The van der Waals surface area contributed by atoms with E-state index >= 15 is 0 Å². The Kier molecular flexibility index (Phi) is 7.13. The van der Waals surface area contributed by atoms with E-state index in [1.165, 1.54) is 0 Å². The molecule has 8 nitrogen and oxygen atoms in total. The molecule has 1 N–H and O–H groups in total. The molecule has 0 atom stereocenters. The lowest BCUT2D eigenvalue weighted by Gasteiger charge is -2.36. The van der Waals surface area contributed by atoms with Crippen molar-refractivity contribution in [2.45, 2.75) is 20.0 Å². The lowest BCUT2D eigenvalue weighted by molar-refractivity contribution is 0.169. The van der Waals surface area contributed by atoms with Crippen LogP contribution in [0, 0.1) is 0 Å². The number of methoxy groups -OCH3 is 2. The number of hydrogen-bond acceptors (Lipinski definition) is 6. The van der Waals surface area contributed by atoms with Crippen LogP contribution in [0.3, 0.4) is 0 Å². The average Bonchev–Trinajstić information content (AvgIpc) is 3.24. The van der Waals surface area contributed by atoms with E-state index in [0.29, 0.717) is 6.54 Å². The van der Waals surface area contributed by atoms with Crippen molar-refractivity contribution in [1.29, 1.82) is 0 Å². The van der Waals surface area contributed by atoms with E-state index in [0.717, 1.165) is 68.0 Å². The monoisotopic (exact) mass is 387 g/mol. The maximum Gasteiger partial charge on any atom is 0.194 e. The number of piperazine rings is 1. The van der Waals surface area contributed by atoms with Crippen molar-refractivity contribution in [3.05, 3.63) is 41.8 Å². The molecule has 2 heterocycles. The van der Waals surface area contributed by atoms with E-state index in [-0.39, 0.29) is 0 Å². The molecule has 1 saturated heterocycles. The number of nitrogens with zero attached hydrogens (tertiary/aromatic N) is 4. The Morgan fingerprint density at radius 1 is 1.14 bits per heavy atom. The second kappa shape index (κ2) is 9.98. The Hall–Kier alpha value is -2.74. The van der Waals surface area contributed by atoms with Gasteiger partial charge in [0.05, 0.1) is 26.5 Å². The normalized spacial score (nSPS) is 15.5. The minimum absolute atomic E-state index is 0.585. The van der Waals surface area contributed by atoms with Crippen molar-refractivity contribution in [3.8, 4) is 11.5 Å². The molecule has 1 aliphatic heterocycles. The maximum atomic E-state index is 5.39. The van der Waals surface area contributed by atoms with Crippen molar-refractivity contribution in [2.75, 3.05) is 46.9 Å². The first kappa shape index (κ1) is 20.0. The van der Waals surface area contributed by atoms with Crippen LogP contribution in [0.2, 0.25) is 0 Å². The third-order valence-corrected chi connectivity index (χ3v) is 4.74. The molecule has 0 amide bonds. The maximum absolute atomic E-state index is 5.39. The Morgan fingerprint density at radius 3 is 2.57 bits per heavy atom. The third kappa shape index (κ3) is 5.16. The first-order valence-corrected chi connectivity index (χ1v) is 9.59. The zero-order chi connectivity index (χ0) is 19.8. The van der Waals surface area contributed by atoms with Crippen LogP contribution in [-0.2, 0) is 13.1 Å². The fraction of sp³-hybridized carbons (Fsp3) is 0.500. The molecule has 0 saturated carbocycles. The molecular formula is C20H29N5O3. The van der Waals surface area contributed by atoms with Crippen molar-refractivity contribution >= 4 is 5.96 Å². The van der Waals surface area contributed by atoms with Gasteiger partial charge in [0.2, 0.25) is 0 Å². The second-order valence-corrected chi connectivity index (χ2v) is 6.61. The summed E-state index contributed by atoms with van der Waals surface area (Å²) in [6, 6.07) is 7.83. The van der Waals surface area contributed by atoms with Gasteiger partial charge in [0.1, 0.15) is 6.26 Å². The van der Waals surface area contributed by atoms with Crippen LogP contribution < -0.4 is 14.8 Å². The summed E-state index contributed by atoms with van der Waals surface area (Å²) >= 11 is 0. The number of ether oxygens (including phenoxy) is 2. The number of aliphatic imine (C=N–C) groups is 1. The smallest absolute Gasteiger partial charge is 0.194 e. The van der Waals surface area contributed by atoms with Crippen LogP contribution in [-0.4, -0.2) is 67.9 Å². The number of nitrogens with one attached hydrogen (secondary N) is 1. The van der Waals surface area contributed by atoms with E-state index in [4.69, 9.17) is 19.0 Å². The van der Waals surface area contributed by atoms with Gasteiger partial charge >= 0.3 is 0 Å². The van der Waals surface area contributed by atoms with Gasteiger partial charge in [-0.3, -0.25) is 4.90 Å². The Labute approximate surface area is 166 Å². The number of rotatable bonds is 7. The highest BCUT2D eigenvalue weighted by molar-refractivity contribution is 5.80. The molecule has 2 aromatic rings. The summed E-state index contributed by atoms with van der Waals surface area (Å²) in [5.41, 5.74) is 2.06. The van der Waals surface area contributed by atoms with Crippen LogP contribution >= 0.6 is 0 Å². The summed E-state index contributed by atoms with van der Waals surface area (Å²) in [6.07, 6.45) is 1.62. The van der Waals surface area contributed by atoms with E-state index < -0.39 is 0 Å². The molecule has 1 aliphatic rings. The van der Waals surface area contributed by atoms with E-state index in [1.807, 2.05) is 24.3 Å². The van der Waals surface area contributed by atoms with Crippen molar-refractivity contribution in [3.63, 3.8) is 0 Å². The van der Waals surface area contributed by atoms with Gasteiger partial charge in [-0.05, 0) is 24.6 Å². The summed E-state index contributed by atoms with van der Waals surface area (Å²) in [4.78, 5) is 9.52. The summed E-state index contributed by atoms with van der Waals surface area (Å²) < 4.78 is 15.6. The molecule has 0 unspecified atom stereocenters. The molecule has 0 aliphatic carbocycles. The fourth-order valence-corrected chi connectivity index (χ4v) is 3.24. The van der Waals surface area contributed by atoms with Gasteiger partial charge in [0.15, 0.2) is 17.5 Å². The summed E-state index contributed by atoms with van der Waals surface area (Å²) in [7, 11) is 3.29. The zero-order valence-electron chi connectivity index (χ0n) is 16.9. The molecule has 1 aromatic carbocycles. The second-order valence-electron chi connectivity index (χ2n) is 6.61. The highest BCUT2D eigenvalue weighted by Gasteiger charge is 2.20. The Morgan fingerprint density at radius 2 is 1.93 bits per heavy atom. The summed E-state index contributed by atoms with van der Waals surface area (Å²) in [5.74, 6) is 2.39. The number of guanidine groups is 1. The fourth-order valence-electron chi connectivity index (χ4n) is 3.24. The topological polar surface area (TPSA) is 75.4 Å². The first-order valence-electron chi connectivity index (χ1n) is 9.59. The molecule has 0 spiro atoms.